The molecule has 32 heavy (non-hydrogen) atoms. The highest BCUT2D eigenvalue weighted by Gasteiger charge is 2.22. The van der Waals surface area contributed by atoms with E-state index < -0.39 is 16.0 Å². The van der Waals surface area contributed by atoms with Gasteiger partial charge in [-0.1, -0.05) is 41.4 Å². The van der Waals surface area contributed by atoms with Gasteiger partial charge in [0.15, 0.2) is 0 Å². The fourth-order valence-electron chi connectivity index (χ4n) is 3.77. The number of halogens is 2. The maximum atomic E-state index is 13.6. The zero-order valence-electron chi connectivity index (χ0n) is 17.0. The minimum atomic E-state index is -3.95. The third-order valence-electron chi connectivity index (χ3n) is 5.31. The molecule has 164 valence electrons. The molecule has 5 nitrogen and oxygen atoms in total. The molecule has 0 fully saturated rings. The Balaban J connectivity index is 1.84. The van der Waals surface area contributed by atoms with Gasteiger partial charge in [-0.05, 0) is 78.1 Å². The Hall–Kier alpha value is -2.80. The normalized spacial score (nSPS) is 11.7. The first-order valence-corrected chi connectivity index (χ1v) is 12.0. The molecule has 0 aliphatic rings. The molecule has 0 spiro atoms. The standard InChI is InChI=1S/C24H19Cl2NO4S/c1-15-11-18(25)6-8-21(15)16-3-2-4-20(12-16)32(30,31)27-14-17(5-10-24(28)29)22-13-19(26)7-9-23(22)27/h2-4,6-9,11-14H,5,10H2,1H3,(H,28,29). The summed E-state index contributed by atoms with van der Waals surface area (Å²) in [6.07, 6.45) is 1.56. The molecule has 0 amide bonds. The van der Waals surface area contributed by atoms with Crippen LogP contribution in [-0.2, 0) is 21.2 Å². The highest BCUT2D eigenvalue weighted by atomic mass is 35.5. The molecule has 8 heteroatoms. The second kappa shape index (κ2) is 8.62. The Morgan fingerprint density at radius 3 is 2.44 bits per heavy atom. The van der Waals surface area contributed by atoms with Crippen LogP contribution in [0.3, 0.4) is 0 Å². The molecular weight excluding hydrogens is 469 g/mol. The van der Waals surface area contributed by atoms with Gasteiger partial charge in [0, 0.05) is 28.0 Å². The van der Waals surface area contributed by atoms with Crippen molar-refractivity contribution in [2.24, 2.45) is 0 Å². The van der Waals surface area contributed by atoms with Gasteiger partial charge >= 0.3 is 5.97 Å². The molecule has 1 aromatic heterocycles. The number of carbonyl (C=O) groups is 1. The van der Waals surface area contributed by atoms with Gasteiger partial charge in [-0.2, -0.15) is 0 Å². The maximum absolute atomic E-state index is 13.6. The van der Waals surface area contributed by atoms with Crippen LogP contribution in [0.15, 0.2) is 71.8 Å². The van der Waals surface area contributed by atoms with Gasteiger partial charge in [-0.25, -0.2) is 12.4 Å². The first kappa shape index (κ1) is 22.4. The smallest absolute Gasteiger partial charge is 0.303 e. The lowest BCUT2D eigenvalue weighted by atomic mass is 10.0. The SMILES string of the molecule is Cc1cc(Cl)ccc1-c1cccc(S(=O)(=O)n2cc(CCC(=O)O)c3cc(Cl)ccc32)c1. The average Bonchev–Trinajstić information content (AvgIpc) is 3.11. The van der Waals surface area contributed by atoms with Gasteiger partial charge in [-0.15, -0.1) is 0 Å². The number of aryl methyl sites for hydroxylation is 2. The van der Waals surface area contributed by atoms with Crippen molar-refractivity contribution in [3.8, 4) is 11.1 Å². The van der Waals surface area contributed by atoms with E-state index in [1.54, 1.807) is 42.5 Å². The molecular formula is C24H19Cl2NO4S. The summed E-state index contributed by atoms with van der Waals surface area (Å²) in [5, 5.41) is 10.7. The van der Waals surface area contributed by atoms with Crippen LogP contribution in [0, 0.1) is 6.92 Å². The molecule has 0 radical (unpaired) electrons. The van der Waals surface area contributed by atoms with Crippen molar-refractivity contribution >= 4 is 50.1 Å². The highest BCUT2D eigenvalue weighted by molar-refractivity contribution is 7.90. The average molecular weight is 488 g/mol. The topological polar surface area (TPSA) is 76.4 Å². The number of carboxylic acids is 1. The fraction of sp³-hybridized carbons (Fsp3) is 0.125. The first-order valence-electron chi connectivity index (χ1n) is 9.80. The zero-order chi connectivity index (χ0) is 23.0. The predicted molar refractivity (Wildman–Crippen MR) is 127 cm³/mol. The van der Waals surface area contributed by atoms with Crippen LogP contribution in [-0.4, -0.2) is 23.5 Å². The predicted octanol–water partition coefficient (Wildman–Crippen LogP) is 6.18. The molecule has 0 aliphatic carbocycles. The summed E-state index contributed by atoms with van der Waals surface area (Å²) >= 11 is 12.2. The van der Waals surface area contributed by atoms with Gasteiger partial charge in [0.25, 0.3) is 10.0 Å². The quantitative estimate of drug-likeness (QED) is 0.352. The van der Waals surface area contributed by atoms with Crippen LogP contribution in [0.25, 0.3) is 22.0 Å². The van der Waals surface area contributed by atoms with E-state index in [1.807, 2.05) is 25.1 Å². The maximum Gasteiger partial charge on any atom is 0.303 e. The Morgan fingerprint density at radius 1 is 1.00 bits per heavy atom. The lowest BCUT2D eigenvalue weighted by Crippen LogP contribution is -2.12. The van der Waals surface area contributed by atoms with E-state index in [4.69, 9.17) is 28.3 Å². The number of aromatic nitrogens is 1. The molecule has 0 bridgehead atoms. The number of nitrogens with zero attached hydrogens (tertiary/aromatic N) is 1. The van der Waals surface area contributed by atoms with Crippen molar-refractivity contribution in [3.63, 3.8) is 0 Å². The number of rotatable bonds is 6. The summed E-state index contributed by atoms with van der Waals surface area (Å²) in [5.74, 6) is -0.957. The first-order chi connectivity index (χ1) is 15.2. The van der Waals surface area contributed by atoms with Crippen LogP contribution in [0.1, 0.15) is 17.5 Å². The Kier molecular flexibility index (Phi) is 6.03. The highest BCUT2D eigenvalue weighted by Crippen LogP contribution is 2.32. The minimum Gasteiger partial charge on any atom is -0.481 e. The van der Waals surface area contributed by atoms with E-state index >= 15 is 0 Å². The summed E-state index contributed by atoms with van der Waals surface area (Å²) in [6, 6.07) is 17.1. The summed E-state index contributed by atoms with van der Waals surface area (Å²) in [4.78, 5) is 11.2. The number of benzene rings is 3. The van der Waals surface area contributed by atoms with Gasteiger partial charge in [0.1, 0.15) is 0 Å². The second-order valence-corrected chi connectivity index (χ2v) is 10.2. The Labute approximate surface area is 195 Å². The molecule has 0 atom stereocenters. The molecule has 1 N–H and O–H groups in total. The van der Waals surface area contributed by atoms with E-state index in [-0.39, 0.29) is 17.7 Å². The third kappa shape index (κ3) is 4.26. The molecule has 1 heterocycles. The number of fused-ring (bicyclic) bond motifs is 1. The molecule has 0 saturated carbocycles. The second-order valence-electron chi connectivity index (χ2n) is 7.50. The number of hydrogen-bond donors (Lipinski definition) is 1. The summed E-state index contributed by atoms with van der Waals surface area (Å²) < 4.78 is 28.4. The largest absolute Gasteiger partial charge is 0.481 e. The molecule has 3 aromatic carbocycles. The van der Waals surface area contributed by atoms with Crippen LogP contribution in [0.4, 0.5) is 0 Å². The molecule has 0 saturated heterocycles. The van der Waals surface area contributed by atoms with E-state index in [2.05, 4.69) is 0 Å². The molecule has 0 aliphatic heterocycles. The number of aliphatic carboxylic acids is 1. The zero-order valence-corrected chi connectivity index (χ0v) is 19.4. The number of carboxylic acid groups (broad SMARTS) is 1. The van der Waals surface area contributed by atoms with Crippen molar-refractivity contribution in [3.05, 3.63) is 88.0 Å². The van der Waals surface area contributed by atoms with Crippen molar-refractivity contribution in [1.82, 2.24) is 3.97 Å². The van der Waals surface area contributed by atoms with E-state index in [0.717, 1.165) is 16.7 Å². The molecule has 4 rings (SSSR count). The number of hydrogen-bond acceptors (Lipinski definition) is 3. The molecule has 4 aromatic rings. The van der Waals surface area contributed by atoms with Crippen LogP contribution >= 0.6 is 23.2 Å². The van der Waals surface area contributed by atoms with Crippen LogP contribution in [0.2, 0.25) is 10.0 Å². The van der Waals surface area contributed by atoms with E-state index in [1.165, 1.54) is 10.2 Å². The lowest BCUT2D eigenvalue weighted by Gasteiger charge is -2.11. The van der Waals surface area contributed by atoms with Crippen molar-refractivity contribution < 1.29 is 18.3 Å². The van der Waals surface area contributed by atoms with Crippen LogP contribution < -0.4 is 0 Å². The van der Waals surface area contributed by atoms with E-state index in [0.29, 0.717) is 26.5 Å². The Bertz CT molecular complexity index is 1460. The lowest BCUT2D eigenvalue weighted by molar-refractivity contribution is -0.136. The van der Waals surface area contributed by atoms with Crippen molar-refractivity contribution in [2.75, 3.05) is 0 Å². The van der Waals surface area contributed by atoms with Crippen molar-refractivity contribution in [1.29, 1.82) is 0 Å². The Morgan fingerprint density at radius 2 is 1.72 bits per heavy atom. The molecule has 0 unspecified atom stereocenters. The summed E-state index contributed by atoms with van der Waals surface area (Å²) in [6.45, 7) is 1.92. The summed E-state index contributed by atoms with van der Waals surface area (Å²) in [7, 11) is -3.95. The monoisotopic (exact) mass is 487 g/mol. The van der Waals surface area contributed by atoms with Gasteiger partial charge in [0.2, 0.25) is 0 Å². The van der Waals surface area contributed by atoms with Crippen LogP contribution in [0.5, 0.6) is 0 Å². The van der Waals surface area contributed by atoms with Gasteiger partial charge in [-0.3, -0.25) is 4.79 Å². The van der Waals surface area contributed by atoms with Crippen molar-refractivity contribution in [2.45, 2.75) is 24.7 Å². The van der Waals surface area contributed by atoms with Gasteiger partial charge < -0.3 is 5.11 Å². The third-order valence-corrected chi connectivity index (χ3v) is 7.45. The minimum absolute atomic E-state index is 0.114. The van der Waals surface area contributed by atoms with Gasteiger partial charge in [0.05, 0.1) is 10.4 Å². The van der Waals surface area contributed by atoms with E-state index in [9.17, 15) is 13.2 Å². The summed E-state index contributed by atoms with van der Waals surface area (Å²) in [5.41, 5.74) is 3.63. The fourth-order valence-corrected chi connectivity index (χ4v) is 5.60.